The van der Waals surface area contributed by atoms with Gasteiger partial charge >= 0.3 is 0 Å². The van der Waals surface area contributed by atoms with Crippen LogP contribution in [0.4, 0.5) is 5.82 Å². The van der Waals surface area contributed by atoms with E-state index >= 15 is 0 Å². The second kappa shape index (κ2) is 8.88. The molecular formula is C23H25ClN4O2. The number of amides is 1. The summed E-state index contributed by atoms with van der Waals surface area (Å²) in [6, 6.07) is 11.4. The van der Waals surface area contributed by atoms with Crippen LogP contribution in [0.1, 0.15) is 39.6 Å². The lowest BCUT2D eigenvalue weighted by molar-refractivity contribution is 0.0735. The minimum absolute atomic E-state index is 0.0571. The van der Waals surface area contributed by atoms with Crippen molar-refractivity contribution in [2.75, 3.05) is 31.1 Å². The van der Waals surface area contributed by atoms with E-state index in [1.54, 1.807) is 12.1 Å². The Balaban J connectivity index is 1.57. The summed E-state index contributed by atoms with van der Waals surface area (Å²) in [7, 11) is 0. The number of nitrogens with zero attached hydrogens (tertiary/aromatic N) is 4. The molecule has 6 nitrogen and oxygen atoms in total. The van der Waals surface area contributed by atoms with E-state index < -0.39 is 0 Å². The smallest absolute Gasteiger partial charge is 0.289 e. The minimum atomic E-state index is -0.0571. The summed E-state index contributed by atoms with van der Waals surface area (Å²) in [6.45, 7) is 6.84. The summed E-state index contributed by atoms with van der Waals surface area (Å²) in [5, 5.41) is 0.727. The lowest BCUT2D eigenvalue weighted by Gasteiger charge is -2.26. The third-order valence-electron chi connectivity index (χ3n) is 5.41. The predicted molar refractivity (Wildman–Crippen MR) is 117 cm³/mol. The molecular weight excluding hydrogens is 400 g/mol. The first-order valence-corrected chi connectivity index (χ1v) is 10.6. The summed E-state index contributed by atoms with van der Waals surface area (Å²) in [4.78, 5) is 26.2. The molecule has 0 radical (unpaired) electrons. The Labute approximate surface area is 181 Å². The monoisotopic (exact) mass is 424 g/mol. The molecule has 0 bridgehead atoms. The van der Waals surface area contributed by atoms with E-state index in [4.69, 9.17) is 21.0 Å². The second-order valence-electron chi connectivity index (χ2n) is 7.57. The molecule has 1 amide bonds. The Hall–Kier alpha value is -2.86. The number of halogens is 1. The quantitative estimate of drug-likeness (QED) is 0.625. The van der Waals surface area contributed by atoms with Gasteiger partial charge in [0, 0.05) is 48.9 Å². The second-order valence-corrected chi connectivity index (χ2v) is 8.01. The van der Waals surface area contributed by atoms with Crippen molar-refractivity contribution in [1.82, 2.24) is 14.9 Å². The summed E-state index contributed by atoms with van der Waals surface area (Å²) < 4.78 is 5.29. The van der Waals surface area contributed by atoms with Crippen molar-refractivity contribution in [3.05, 3.63) is 76.1 Å². The third-order valence-corrected chi connectivity index (χ3v) is 5.66. The maximum absolute atomic E-state index is 12.7. The van der Waals surface area contributed by atoms with Gasteiger partial charge in [-0.3, -0.25) is 4.79 Å². The predicted octanol–water partition coefficient (Wildman–Crippen LogP) is 4.28. The molecule has 0 spiro atoms. The van der Waals surface area contributed by atoms with Crippen molar-refractivity contribution in [3.8, 4) is 0 Å². The molecule has 4 rings (SSSR count). The van der Waals surface area contributed by atoms with E-state index in [1.807, 2.05) is 43.0 Å². The molecule has 7 heteroatoms. The average molecular weight is 425 g/mol. The van der Waals surface area contributed by atoms with Crippen molar-refractivity contribution in [1.29, 1.82) is 0 Å². The molecule has 0 aliphatic carbocycles. The van der Waals surface area contributed by atoms with Gasteiger partial charge in [-0.25, -0.2) is 9.97 Å². The highest BCUT2D eigenvalue weighted by Gasteiger charge is 2.24. The van der Waals surface area contributed by atoms with Crippen molar-refractivity contribution in [2.24, 2.45) is 0 Å². The van der Waals surface area contributed by atoms with Crippen molar-refractivity contribution < 1.29 is 9.21 Å². The maximum atomic E-state index is 12.7. The van der Waals surface area contributed by atoms with Gasteiger partial charge in [0.2, 0.25) is 0 Å². The molecule has 1 fully saturated rings. The molecule has 0 unspecified atom stereocenters. The lowest BCUT2D eigenvalue weighted by Crippen LogP contribution is -2.35. The van der Waals surface area contributed by atoms with Crippen molar-refractivity contribution in [2.45, 2.75) is 26.7 Å². The molecule has 3 heterocycles. The number of hydrogen-bond donors (Lipinski definition) is 0. The summed E-state index contributed by atoms with van der Waals surface area (Å²) in [5.74, 6) is 2.05. The van der Waals surface area contributed by atoms with Crippen LogP contribution >= 0.6 is 11.6 Å². The molecule has 30 heavy (non-hydrogen) atoms. The zero-order chi connectivity index (χ0) is 21.1. The molecule has 0 saturated carbocycles. The van der Waals surface area contributed by atoms with E-state index in [2.05, 4.69) is 9.88 Å². The summed E-state index contributed by atoms with van der Waals surface area (Å²) in [6.07, 6.45) is 3.14. The molecule has 156 valence electrons. The number of carbonyl (C=O) groups is 1. The number of furan rings is 1. The van der Waals surface area contributed by atoms with Gasteiger partial charge in [-0.05, 0) is 50.1 Å². The SMILES string of the molecule is Cc1nc(C)c(Cc2ccc(Cl)cc2)c(N2CCCN(C(=O)c3ccco3)CC2)n1. The van der Waals surface area contributed by atoms with E-state index in [9.17, 15) is 4.79 Å². The van der Waals surface area contributed by atoms with E-state index in [-0.39, 0.29) is 5.91 Å². The van der Waals surface area contributed by atoms with Crippen LogP contribution in [-0.2, 0) is 6.42 Å². The van der Waals surface area contributed by atoms with Gasteiger partial charge in [0.25, 0.3) is 5.91 Å². The summed E-state index contributed by atoms with van der Waals surface area (Å²) in [5.41, 5.74) is 3.27. The van der Waals surface area contributed by atoms with Crippen LogP contribution in [0, 0.1) is 13.8 Å². The Morgan fingerprint density at radius 1 is 1.07 bits per heavy atom. The molecule has 1 aliphatic rings. The minimum Gasteiger partial charge on any atom is -0.459 e. The van der Waals surface area contributed by atoms with Gasteiger partial charge in [0.1, 0.15) is 11.6 Å². The van der Waals surface area contributed by atoms with Crippen LogP contribution in [0.5, 0.6) is 0 Å². The zero-order valence-corrected chi connectivity index (χ0v) is 18.0. The lowest BCUT2D eigenvalue weighted by atomic mass is 10.0. The molecule has 3 aromatic rings. The van der Waals surface area contributed by atoms with Crippen molar-refractivity contribution >= 4 is 23.3 Å². The fourth-order valence-corrected chi connectivity index (χ4v) is 4.01. The van der Waals surface area contributed by atoms with Crippen molar-refractivity contribution in [3.63, 3.8) is 0 Å². The number of hydrogen-bond acceptors (Lipinski definition) is 5. The van der Waals surface area contributed by atoms with Crippen LogP contribution in [-0.4, -0.2) is 47.0 Å². The number of anilines is 1. The molecule has 0 N–H and O–H groups in total. The normalized spacial score (nSPS) is 14.6. The summed E-state index contributed by atoms with van der Waals surface area (Å²) >= 11 is 6.04. The number of rotatable bonds is 4. The van der Waals surface area contributed by atoms with Gasteiger partial charge in [-0.1, -0.05) is 23.7 Å². The first kappa shape index (κ1) is 20.4. The van der Waals surface area contributed by atoms with Gasteiger partial charge in [0.15, 0.2) is 5.76 Å². The molecule has 1 aromatic carbocycles. The molecule has 2 aromatic heterocycles. The number of benzene rings is 1. The average Bonchev–Trinajstić information content (AvgIpc) is 3.15. The maximum Gasteiger partial charge on any atom is 0.289 e. The third kappa shape index (κ3) is 4.49. The Bertz CT molecular complexity index is 1020. The topological polar surface area (TPSA) is 62.5 Å². The fraction of sp³-hybridized carbons (Fsp3) is 0.348. The van der Waals surface area contributed by atoms with Gasteiger partial charge in [0.05, 0.1) is 6.26 Å². The van der Waals surface area contributed by atoms with E-state index in [1.165, 1.54) is 11.8 Å². The highest BCUT2D eigenvalue weighted by Crippen LogP contribution is 2.26. The first-order valence-electron chi connectivity index (χ1n) is 10.2. The van der Waals surface area contributed by atoms with Crippen LogP contribution in [0.15, 0.2) is 47.1 Å². The van der Waals surface area contributed by atoms with Gasteiger partial charge in [-0.15, -0.1) is 0 Å². The van der Waals surface area contributed by atoms with Crippen LogP contribution in [0.3, 0.4) is 0 Å². The van der Waals surface area contributed by atoms with Gasteiger partial charge in [-0.2, -0.15) is 0 Å². The van der Waals surface area contributed by atoms with E-state index in [0.29, 0.717) is 18.8 Å². The Kier molecular flexibility index (Phi) is 6.04. The highest BCUT2D eigenvalue weighted by atomic mass is 35.5. The fourth-order valence-electron chi connectivity index (χ4n) is 3.88. The van der Waals surface area contributed by atoms with Crippen LogP contribution < -0.4 is 4.90 Å². The highest BCUT2D eigenvalue weighted by molar-refractivity contribution is 6.30. The number of aromatic nitrogens is 2. The zero-order valence-electron chi connectivity index (χ0n) is 17.3. The number of carbonyl (C=O) groups excluding carboxylic acids is 1. The molecule has 1 saturated heterocycles. The standard InChI is InChI=1S/C23H25ClN4O2/c1-16-20(15-18-6-8-19(24)9-7-18)22(26-17(2)25-16)27-10-4-11-28(13-12-27)23(29)21-5-3-14-30-21/h3,5-9,14H,4,10-13,15H2,1-2H3. The first-order chi connectivity index (χ1) is 14.5. The van der Waals surface area contributed by atoms with Crippen LogP contribution in [0.25, 0.3) is 0 Å². The number of aryl methyl sites for hydroxylation is 2. The Morgan fingerprint density at radius 2 is 1.87 bits per heavy atom. The molecule has 0 atom stereocenters. The largest absolute Gasteiger partial charge is 0.459 e. The van der Waals surface area contributed by atoms with E-state index in [0.717, 1.165) is 53.9 Å². The molecule has 1 aliphatic heterocycles. The Morgan fingerprint density at radius 3 is 2.60 bits per heavy atom. The van der Waals surface area contributed by atoms with Crippen LogP contribution in [0.2, 0.25) is 5.02 Å². The van der Waals surface area contributed by atoms with Gasteiger partial charge < -0.3 is 14.2 Å².